The SMILES string of the molecule is O/N=C1\C2CCN(CC2)C1CN1CCCC1. The quantitative estimate of drug-likeness (QED) is 0.561. The number of fused-ring (bicyclic) bond motifs is 3. The molecule has 0 saturated carbocycles. The molecule has 4 fully saturated rings. The molecule has 0 spiro atoms. The van der Waals surface area contributed by atoms with Gasteiger partial charge in [-0.3, -0.25) is 4.90 Å². The average molecular weight is 223 g/mol. The van der Waals surface area contributed by atoms with E-state index >= 15 is 0 Å². The molecule has 0 aromatic rings. The predicted octanol–water partition coefficient (Wildman–Crippen LogP) is 1.01. The van der Waals surface area contributed by atoms with E-state index in [0.29, 0.717) is 12.0 Å². The first-order chi connectivity index (χ1) is 7.88. The van der Waals surface area contributed by atoms with E-state index in [9.17, 15) is 5.21 Å². The van der Waals surface area contributed by atoms with Crippen molar-refractivity contribution < 1.29 is 5.21 Å². The molecule has 1 unspecified atom stereocenters. The molecule has 0 radical (unpaired) electrons. The number of likely N-dealkylation sites (tertiary alicyclic amines) is 1. The van der Waals surface area contributed by atoms with Crippen LogP contribution in [0.3, 0.4) is 0 Å². The topological polar surface area (TPSA) is 39.1 Å². The molecule has 4 rings (SSSR count). The first-order valence-electron chi connectivity index (χ1n) is 6.57. The van der Waals surface area contributed by atoms with E-state index < -0.39 is 0 Å². The van der Waals surface area contributed by atoms with Gasteiger partial charge in [-0.05, 0) is 51.9 Å². The Morgan fingerprint density at radius 3 is 2.44 bits per heavy atom. The lowest BCUT2D eigenvalue weighted by Crippen LogP contribution is -2.59. The minimum absolute atomic E-state index is 0.399. The van der Waals surface area contributed by atoms with E-state index in [1.165, 1.54) is 51.9 Å². The lowest BCUT2D eigenvalue weighted by atomic mass is 9.81. The van der Waals surface area contributed by atoms with Crippen molar-refractivity contribution in [2.45, 2.75) is 31.7 Å². The molecule has 4 saturated heterocycles. The fraction of sp³-hybridized carbons (Fsp3) is 0.917. The predicted molar refractivity (Wildman–Crippen MR) is 63.0 cm³/mol. The third kappa shape index (κ3) is 1.74. The molecule has 0 aromatic carbocycles. The van der Waals surface area contributed by atoms with Gasteiger partial charge in [-0.25, -0.2) is 0 Å². The third-order valence-corrected chi connectivity index (χ3v) is 4.48. The van der Waals surface area contributed by atoms with E-state index in [-0.39, 0.29) is 0 Å². The van der Waals surface area contributed by atoms with Crippen LogP contribution in [0.5, 0.6) is 0 Å². The van der Waals surface area contributed by atoms with Crippen molar-refractivity contribution in [3.05, 3.63) is 0 Å². The minimum atomic E-state index is 0.399. The normalized spacial score (nSPS) is 42.0. The van der Waals surface area contributed by atoms with E-state index in [1.807, 2.05) is 0 Å². The maximum atomic E-state index is 9.20. The number of hydrogen-bond donors (Lipinski definition) is 1. The van der Waals surface area contributed by atoms with Crippen molar-refractivity contribution in [1.82, 2.24) is 9.80 Å². The van der Waals surface area contributed by atoms with Crippen molar-refractivity contribution >= 4 is 5.71 Å². The van der Waals surface area contributed by atoms with Crippen LogP contribution in [0.4, 0.5) is 0 Å². The van der Waals surface area contributed by atoms with Crippen molar-refractivity contribution in [1.29, 1.82) is 0 Å². The zero-order valence-corrected chi connectivity index (χ0v) is 9.81. The molecule has 4 aliphatic heterocycles. The van der Waals surface area contributed by atoms with Crippen LogP contribution in [0.25, 0.3) is 0 Å². The highest BCUT2D eigenvalue weighted by molar-refractivity contribution is 5.92. The summed E-state index contributed by atoms with van der Waals surface area (Å²) in [4.78, 5) is 5.03. The molecule has 16 heavy (non-hydrogen) atoms. The molecule has 4 nitrogen and oxygen atoms in total. The third-order valence-electron chi connectivity index (χ3n) is 4.48. The summed E-state index contributed by atoms with van der Waals surface area (Å²) in [5, 5.41) is 12.8. The summed E-state index contributed by atoms with van der Waals surface area (Å²) in [5.74, 6) is 0.558. The van der Waals surface area contributed by atoms with E-state index in [2.05, 4.69) is 15.0 Å². The molecule has 0 aliphatic carbocycles. The van der Waals surface area contributed by atoms with Crippen molar-refractivity contribution in [3.63, 3.8) is 0 Å². The van der Waals surface area contributed by atoms with Gasteiger partial charge in [-0.15, -0.1) is 0 Å². The Hall–Kier alpha value is -0.610. The second-order valence-corrected chi connectivity index (χ2v) is 5.36. The van der Waals surface area contributed by atoms with Gasteiger partial charge in [0.25, 0.3) is 0 Å². The number of hydrogen-bond acceptors (Lipinski definition) is 4. The fourth-order valence-corrected chi connectivity index (χ4v) is 3.53. The van der Waals surface area contributed by atoms with Crippen LogP contribution in [-0.4, -0.2) is 59.5 Å². The molecule has 1 atom stereocenters. The highest BCUT2D eigenvalue weighted by atomic mass is 16.4. The van der Waals surface area contributed by atoms with Gasteiger partial charge in [-0.1, -0.05) is 5.16 Å². The molecule has 4 heteroatoms. The smallest absolute Gasteiger partial charge is 0.0786 e. The van der Waals surface area contributed by atoms with Gasteiger partial charge in [0.1, 0.15) is 0 Å². The minimum Gasteiger partial charge on any atom is -0.411 e. The standard InChI is InChI=1S/C12H21N3O/c16-13-12-10-3-7-15(8-4-10)11(12)9-14-5-1-2-6-14/h10-11,16H,1-9H2/b13-12+. The largest absolute Gasteiger partial charge is 0.411 e. The van der Waals surface area contributed by atoms with Gasteiger partial charge in [-0.2, -0.15) is 0 Å². The average Bonchev–Trinajstić information content (AvgIpc) is 2.83. The van der Waals surface area contributed by atoms with Gasteiger partial charge < -0.3 is 10.1 Å². The maximum Gasteiger partial charge on any atom is 0.0786 e. The lowest BCUT2D eigenvalue weighted by Gasteiger charge is -2.46. The summed E-state index contributed by atoms with van der Waals surface area (Å²) >= 11 is 0. The summed E-state index contributed by atoms with van der Waals surface area (Å²) in [6, 6.07) is 0.399. The van der Waals surface area contributed by atoms with E-state index in [4.69, 9.17) is 0 Å². The molecule has 4 heterocycles. The van der Waals surface area contributed by atoms with Crippen LogP contribution in [-0.2, 0) is 0 Å². The Morgan fingerprint density at radius 2 is 1.81 bits per heavy atom. The van der Waals surface area contributed by atoms with Crippen LogP contribution >= 0.6 is 0 Å². The van der Waals surface area contributed by atoms with Crippen LogP contribution in [0.1, 0.15) is 25.7 Å². The molecule has 4 aliphatic rings. The Kier molecular flexibility index (Phi) is 2.86. The van der Waals surface area contributed by atoms with Crippen LogP contribution in [0.15, 0.2) is 5.16 Å². The molecule has 0 aromatic heterocycles. The molecule has 1 N–H and O–H groups in total. The van der Waals surface area contributed by atoms with Gasteiger partial charge in [0.15, 0.2) is 0 Å². The number of oxime groups is 1. The first-order valence-corrected chi connectivity index (χ1v) is 6.57. The Balaban J connectivity index is 1.71. The summed E-state index contributed by atoms with van der Waals surface area (Å²) in [7, 11) is 0. The second kappa shape index (κ2) is 4.34. The maximum absolute atomic E-state index is 9.20. The number of nitrogens with zero attached hydrogens (tertiary/aromatic N) is 3. The van der Waals surface area contributed by atoms with E-state index in [1.54, 1.807) is 0 Å². The first kappa shape index (κ1) is 10.5. The van der Waals surface area contributed by atoms with Gasteiger partial charge in [0.05, 0.1) is 11.8 Å². The summed E-state index contributed by atoms with van der Waals surface area (Å²) < 4.78 is 0. The zero-order valence-electron chi connectivity index (χ0n) is 9.81. The van der Waals surface area contributed by atoms with E-state index in [0.717, 1.165) is 12.3 Å². The molecule has 90 valence electrons. The Labute approximate surface area is 96.9 Å². The fourth-order valence-electron chi connectivity index (χ4n) is 3.53. The van der Waals surface area contributed by atoms with Crippen molar-refractivity contribution in [2.24, 2.45) is 11.1 Å². The Morgan fingerprint density at radius 1 is 1.12 bits per heavy atom. The summed E-state index contributed by atoms with van der Waals surface area (Å²) in [6.45, 7) is 5.93. The summed E-state index contributed by atoms with van der Waals surface area (Å²) in [6.07, 6.45) is 5.05. The monoisotopic (exact) mass is 223 g/mol. The Bertz CT molecular complexity index is 278. The van der Waals surface area contributed by atoms with Gasteiger partial charge in [0, 0.05) is 12.5 Å². The van der Waals surface area contributed by atoms with Gasteiger partial charge >= 0.3 is 0 Å². The van der Waals surface area contributed by atoms with Crippen molar-refractivity contribution in [2.75, 3.05) is 32.7 Å². The molecule has 0 amide bonds. The zero-order chi connectivity index (χ0) is 11.0. The number of rotatable bonds is 2. The number of piperidine rings is 3. The van der Waals surface area contributed by atoms with Crippen molar-refractivity contribution in [3.8, 4) is 0 Å². The molecular formula is C12H21N3O. The van der Waals surface area contributed by atoms with Crippen LogP contribution in [0, 0.1) is 5.92 Å². The molecular weight excluding hydrogens is 202 g/mol. The lowest BCUT2D eigenvalue weighted by molar-refractivity contribution is 0.114. The highest BCUT2D eigenvalue weighted by Gasteiger charge is 2.40. The second-order valence-electron chi connectivity index (χ2n) is 5.36. The highest BCUT2D eigenvalue weighted by Crippen LogP contribution is 2.30. The van der Waals surface area contributed by atoms with Crippen LogP contribution in [0.2, 0.25) is 0 Å². The molecule has 2 bridgehead atoms. The summed E-state index contributed by atoms with van der Waals surface area (Å²) in [5.41, 5.74) is 1.06. The van der Waals surface area contributed by atoms with Crippen LogP contribution < -0.4 is 0 Å². The van der Waals surface area contributed by atoms with Gasteiger partial charge in [0.2, 0.25) is 0 Å².